The Morgan fingerprint density at radius 3 is 2.46 bits per heavy atom. The lowest BCUT2D eigenvalue weighted by Gasteiger charge is -2.23. The van der Waals surface area contributed by atoms with Crippen LogP contribution in [-0.4, -0.2) is 52.4 Å². The van der Waals surface area contributed by atoms with Gasteiger partial charge in [0, 0.05) is 38.2 Å². The molecule has 6 heteroatoms. The number of hydrogen-bond donors (Lipinski definition) is 0. The highest BCUT2D eigenvalue weighted by Crippen LogP contribution is 2.31. The molecule has 1 aliphatic heterocycles. The quantitative estimate of drug-likeness (QED) is 0.840. The summed E-state index contributed by atoms with van der Waals surface area (Å²) in [4.78, 5) is 41.0. The molecule has 6 nitrogen and oxygen atoms in total. The molecule has 1 saturated heterocycles. The topological polar surface area (TPSA) is 62.6 Å². The number of benzene rings is 1. The number of carbonyl (C=O) groups is 2. The van der Waals surface area contributed by atoms with E-state index in [0.717, 1.165) is 30.2 Å². The first-order valence-corrected chi connectivity index (χ1v) is 9.28. The molecule has 0 spiro atoms. The van der Waals surface area contributed by atoms with Crippen LogP contribution in [0.2, 0.25) is 0 Å². The van der Waals surface area contributed by atoms with Crippen LogP contribution in [0.3, 0.4) is 0 Å². The van der Waals surface area contributed by atoms with E-state index in [0.29, 0.717) is 26.2 Å². The average molecular weight is 353 g/mol. The van der Waals surface area contributed by atoms with Gasteiger partial charge in [0.25, 0.3) is 5.56 Å². The summed E-state index contributed by atoms with van der Waals surface area (Å²) in [6.45, 7) is 2.51. The second-order valence-electron chi connectivity index (χ2n) is 7.15. The van der Waals surface area contributed by atoms with Crippen molar-refractivity contribution in [2.75, 3.05) is 26.2 Å². The molecule has 2 fully saturated rings. The third-order valence-corrected chi connectivity index (χ3v) is 5.28. The van der Waals surface area contributed by atoms with Crippen molar-refractivity contribution in [1.82, 2.24) is 14.4 Å². The van der Waals surface area contributed by atoms with Gasteiger partial charge in [0.1, 0.15) is 6.54 Å². The molecule has 0 radical (unpaired) electrons. The van der Waals surface area contributed by atoms with Crippen molar-refractivity contribution < 1.29 is 9.59 Å². The minimum Gasteiger partial charge on any atom is -0.341 e. The number of para-hydroxylation sites is 1. The second-order valence-corrected chi connectivity index (χ2v) is 7.15. The molecule has 0 bridgehead atoms. The Morgan fingerprint density at radius 1 is 0.923 bits per heavy atom. The summed E-state index contributed by atoms with van der Waals surface area (Å²) >= 11 is 0. The van der Waals surface area contributed by atoms with Crippen molar-refractivity contribution in [3.05, 3.63) is 46.8 Å². The van der Waals surface area contributed by atoms with Gasteiger partial charge in [-0.15, -0.1) is 0 Å². The standard InChI is InChI=1S/C20H23N3O3/c24-18-9-8-15-4-1-2-5-17(15)23(18)14-19(25)21-10-3-11-22(13-12-21)20(26)16-6-7-16/h1-2,4-5,8-9,16H,3,6-7,10-14H2. The average Bonchev–Trinajstić information content (AvgIpc) is 3.50. The molecule has 136 valence electrons. The number of nitrogens with zero attached hydrogens (tertiary/aromatic N) is 3. The van der Waals surface area contributed by atoms with Gasteiger partial charge < -0.3 is 9.80 Å². The molecular formula is C20H23N3O3. The number of carbonyl (C=O) groups excluding carboxylic acids is 2. The number of pyridine rings is 1. The van der Waals surface area contributed by atoms with Gasteiger partial charge in [-0.25, -0.2) is 0 Å². The van der Waals surface area contributed by atoms with E-state index in [-0.39, 0.29) is 29.8 Å². The first-order chi connectivity index (χ1) is 12.6. The maximum absolute atomic E-state index is 12.8. The highest BCUT2D eigenvalue weighted by molar-refractivity contribution is 5.83. The molecule has 2 aromatic rings. The Labute approximate surface area is 152 Å². The maximum Gasteiger partial charge on any atom is 0.251 e. The fourth-order valence-electron chi connectivity index (χ4n) is 3.62. The Balaban J connectivity index is 1.48. The molecule has 2 heterocycles. The number of amides is 2. The van der Waals surface area contributed by atoms with E-state index in [4.69, 9.17) is 0 Å². The first-order valence-electron chi connectivity index (χ1n) is 9.28. The van der Waals surface area contributed by atoms with Crippen LogP contribution < -0.4 is 5.56 Å². The van der Waals surface area contributed by atoms with E-state index in [1.54, 1.807) is 11.0 Å². The smallest absolute Gasteiger partial charge is 0.251 e. The van der Waals surface area contributed by atoms with Crippen LogP contribution in [0.4, 0.5) is 0 Å². The molecule has 4 rings (SSSR count). The Hall–Kier alpha value is -2.63. The zero-order valence-corrected chi connectivity index (χ0v) is 14.8. The monoisotopic (exact) mass is 353 g/mol. The van der Waals surface area contributed by atoms with Crippen molar-refractivity contribution in [1.29, 1.82) is 0 Å². The van der Waals surface area contributed by atoms with Crippen LogP contribution in [0, 0.1) is 5.92 Å². The van der Waals surface area contributed by atoms with Gasteiger partial charge in [-0.05, 0) is 36.8 Å². The SMILES string of the molecule is O=C(Cn1c(=O)ccc2ccccc21)N1CCCN(C(=O)C2CC2)CC1. The van der Waals surface area contributed by atoms with E-state index in [1.165, 1.54) is 10.6 Å². The lowest BCUT2D eigenvalue weighted by molar-refractivity contribution is -0.134. The summed E-state index contributed by atoms with van der Waals surface area (Å²) in [6, 6.07) is 10.9. The lowest BCUT2D eigenvalue weighted by Crippen LogP contribution is -2.40. The van der Waals surface area contributed by atoms with Crippen LogP contribution in [0.5, 0.6) is 0 Å². The zero-order valence-electron chi connectivity index (χ0n) is 14.8. The fraction of sp³-hybridized carbons (Fsp3) is 0.450. The molecule has 2 aliphatic rings. The van der Waals surface area contributed by atoms with Crippen molar-refractivity contribution in [3.8, 4) is 0 Å². The van der Waals surface area contributed by atoms with E-state index in [9.17, 15) is 14.4 Å². The molecule has 1 aliphatic carbocycles. The molecule has 0 N–H and O–H groups in total. The zero-order chi connectivity index (χ0) is 18.1. The highest BCUT2D eigenvalue weighted by Gasteiger charge is 2.34. The number of aromatic nitrogens is 1. The molecular weight excluding hydrogens is 330 g/mol. The summed E-state index contributed by atoms with van der Waals surface area (Å²) in [5.41, 5.74) is 0.603. The molecule has 1 aromatic carbocycles. The summed E-state index contributed by atoms with van der Waals surface area (Å²) < 4.78 is 1.54. The maximum atomic E-state index is 12.8. The predicted molar refractivity (Wildman–Crippen MR) is 98.7 cm³/mol. The van der Waals surface area contributed by atoms with E-state index < -0.39 is 0 Å². The number of fused-ring (bicyclic) bond motifs is 1. The van der Waals surface area contributed by atoms with Gasteiger partial charge in [0.05, 0.1) is 5.52 Å². The Kier molecular flexibility index (Phi) is 4.49. The van der Waals surface area contributed by atoms with Crippen LogP contribution in [0.1, 0.15) is 19.3 Å². The van der Waals surface area contributed by atoms with Crippen LogP contribution >= 0.6 is 0 Å². The third kappa shape index (κ3) is 3.36. The summed E-state index contributed by atoms with van der Waals surface area (Å²) in [5, 5.41) is 0.942. The molecule has 2 amide bonds. The van der Waals surface area contributed by atoms with Crippen molar-refractivity contribution in [2.45, 2.75) is 25.8 Å². The normalized spacial score (nSPS) is 18.0. The van der Waals surface area contributed by atoms with Gasteiger partial charge in [-0.1, -0.05) is 18.2 Å². The van der Waals surface area contributed by atoms with E-state index >= 15 is 0 Å². The largest absolute Gasteiger partial charge is 0.341 e. The minimum atomic E-state index is -0.169. The summed E-state index contributed by atoms with van der Waals surface area (Å²) in [6.07, 6.45) is 2.79. The van der Waals surface area contributed by atoms with Gasteiger partial charge in [-0.3, -0.25) is 19.0 Å². The Morgan fingerprint density at radius 2 is 1.65 bits per heavy atom. The van der Waals surface area contributed by atoms with Gasteiger partial charge in [0.15, 0.2) is 0 Å². The van der Waals surface area contributed by atoms with Crippen molar-refractivity contribution in [2.24, 2.45) is 5.92 Å². The number of hydrogen-bond acceptors (Lipinski definition) is 3. The van der Waals surface area contributed by atoms with Crippen LogP contribution in [0.25, 0.3) is 10.9 Å². The lowest BCUT2D eigenvalue weighted by atomic mass is 10.2. The van der Waals surface area contributed by atoms with Crippen LogP contribution in [-0.2, 0) is 16.1 Å². The predicted octanol–water partition coefficient (Wildman–Crippen LogP) is 1.47. The van der Waals surface area contributed by atoms with E-state index in [1.807, 2.05) is 29.2 Å². The van der Waals surface area contributed by atoms with Gasteiger partial charge in [-0.2, -0.15) is 0 Å². The summed E-state index contributed by atoms with van der Waals surface area (Å²) in [7, 11) is 0. The minimum absolute atomic E-state index is 0.0385. The number of rotatable bonds is 3. The first kappa shape index (κ1) is 16.8. The molecule has 1 saturated carbocycles. The van der Waals surface area contributed by atoms with Crippen molar-refractivity contribution >= 4 is 22.7 Å². The van der Waals surface area contributed by atoms with Gasteiger partial charge >= 0.3 is 0 Å². The summed E-state index contributed by atoms with van der Waals surface area (Å²) in [5.74, 6) is 0.389. The fourth-order valence-corrected chi connectivity index (χ4v) is 3.62. The molecule has 0 atom stereocenters. The molecule has 26 heavy (non-hydrogen) atoms. The van der Waals surface area contributed by atoms with Crippen molar-refractivity contribution in [3.63, 3.8) is 0 Å². The third-order valence-electron chi connectivity index (χ3n) is 5.28. The van der Waals surface area contributed by atoms with E-state index in [2.05, 4.69) is 0 Å². The molecule has 1 aromatic heterocycles. The van der Waals surface area contributed by atoms with Gasteiger partial charge in [0.2, 0.25) is 11.8 Å². The van der Waals surface area contributed by atoms with Crippen LogP contribution in [0.15, 0.2) is 41.2 Å². The highest BCUT2D eigenvalue weighted by atomic mass is 16.2. The Bertz CT molecular complexity index is 901. The molecule has 0 unspecified atom stereocenters. The second kappa shape index (κ2) is 6.94.